The molecule has 9 rings (SSSR count). The quantitative estimate of drug-likeness (QED) is 0.232. The SMILES string of the molecule is CN1c2ccccc2C2Nc3ccccc3N2C1c1ccc(-c2ccc3ccc4cccc5ccc2c3c45)cc1. The molecule has 7 aromatic carbocycles. The first-order valence-electron chi connectivity index (χ1n) is 14.0. The fourth-order valence-corrected chi connectivity index (χ4v) is 7.24. The van der Waals surface area contributed by atoms with E-state index in [1.54, 1.807) is 0 Å². The minimum atomic E-state index is 0.0754. The molecule has 0 radical (unpaired) electrons. The maximum Gasteiger partial charge on any atom is 0.130 e. The molecule has 3 nitrogen and oxygen atoms in total. The van der Waals surface area contributed by atoms with Gasteiger partial charge in [-0.05, 0) is 67.2 Å². The summed E-state index contributed by atoms with van der Waals surface area (Å²) in [6, 6.07) is 46.9. The van der Waals surface area contributed by atoms with Crippen LogP contribution in [0, 0.1) is 0 Å². The Morgan fingerprint density at radius 2 is 1.25 bits per heavy atom. The van der Waals surface area contributed by atoms with E-state index >= 15 is 0 Å². The van der Waals surface area contributed by atoms with E-state index in [9.17, 15) is 0 Å². The zero-order valence-corrected chi connectivity index (χ0v) is 22.2. The Hall–Kier alpha value is -5.02. The van der Waals surface area contributed by atoms with Crippen molar-refractivity contribution in [3.8, 4) is 11.1 Å². The largest absolute Gasteiger partial charge is 0.360 e. The minimum Gasteiger partial charge on any atom is -0.360 e. The number of benzene rings is 7. The van der Waals surface area contributed by atoms with Crippen molar-refractivity contribution in [2.24, 2.45) is 0 Å². The highest BCUT2D eigenvalue weighted by Crippen LogP contribution is 2.52. The van der Waals surface area contributed by atoms with Crippen molar-refractivity contribution in [1.29, 1.82) is 0 Å². The lowest BCUT2D eigenvalue weighted by molar-refractivity contribution is 0.540. The van der Waals surface area contributed by atoms with Gasteiger partial charge in [-0.25, -0.2) is 0 Å². The Bertz CT molecular complexity index is 2060. The highest BCUT2D eigenvalue weighted by atomic mass is 15.5. The van der Waals surface area contributed by atoms with Gasteiger partial charge in [-0.2, -0.15) is 0 Å². The van der Waals surface area contributed by atoms with Crippen LogP contribution in [0.15, 0.2) is 127 Å². The molecule has 0 amide bonds. The molecule has 0 fully saturated rings. The standard InChI is InChI=1S/C37H27N3/c1-39-32-11-4-2-9-30(32)36-38-31-10-3-5-12-33(31)40(36)37(39)27-17-13-23(14-18-27)28-21-19-26-16-15-24-7-6-8-25-20-22-29(28)35(26)34(24)25/h2-22,36-38H,1H3. The predicted octanol–water partition coefficient (Wildman–Crippen LogP) is 9.33. The van der Waals surface area contributed by atoms with Gasteiger partial charge in [0.15, 0.2) is 0 Å². The Balaban J connectivity index is 1.18. The first-order valence-corrected chi connectivity index (χ1v) is 14.0. The number of para-hydroxylation sites is 3. The molecule has 2 aliphatic heterocycles. The Morgan fingerprint density at radius 1 is 0.575 bits per heavy atom. The topological polar surface area (TPSA) is 18.5 Å². The van der Waals surface area contributed by atoms with E-state index in [-0.39, 0.29) is 12.3 Å². The molecule has 7 aromatic rings. The van der Waals surface area contributed by atoms with Crippen LogP contribution >= 0.6 is 0 Å². The molecule has 0 saturated heterocycles. The number of nitrogens with one attached hydrogen (secondary N) is 1. The normalized spacial score (nSPS) is 17.7. The van der Waals surface area contributed by atoms with Crippen molar-refractivity contribution in [3.63, 3.8) is 0 Å². The summed E-state index contributed by atoms with van der Waals surface area (Å²) in [7, 11) is 2.22. The molecule has 40 heavy (non-hydrogen) atoms. The average Bonchev–Trinajstić information content (AvgIpc) is 3.40. The second kappa shape index (κ2) is 8.00. The average molecular weight is 514 g/mol. The van der Waals surface area contributed by atoms with Crippen LogP contribution in [-0.2, 0) is 0 Å². The maximum atomic E-state index is 3.79. The van der Waals surface area contributed by atoms with E-state index in [1.165, 1.54) is 71.6 Å². The van der Waals surface area contributed by atoms with Crippen LogP contribution in [0.4, 0.5) is 17.1 Å². The van der Waals surface area contributed by atoms with Crippen LogP contribution < -0.4 is 15.1 Å². The van der Waals surface area contributed by atoms with E-state index in [0.717, 1.165) is 0 Å². The molecular formula is C37H27N3. The van der Waals surface area contributed by atoms with Gasteiger partial charge < -0.3 is 15.1 Å². The van der Waals surface area contributed by atoms with Gasteiger partial charge in [0.25, 0.3) is 0 Å². The van der Waals surface area contributed by atoms with Crippen molar-refractivity contribution in [2.45, 2.75) is 12.3 Å². The van der Waals surface area contributed by atoms with Gasteiger partial charge in [0.05, 0.1) is 11.4 Å². The molecule has 190 valence electrons. The smallest absolute Gasteiger partial charge is 0.130 e. The van der Waals surface area contributed by atoms with Crippen molar-refractivity contribution < 1.29 is 0 Å². The summed E-state index contributed by atoms with van der Waals surface area (Å²) < 4.78 is 0. The number of fused-ring (bicyclic) bond motifs is 5. The van der Waals surface area contributed by atoms with Crippen LogP contribution in [0.3, 0.4) is 0 Å². The molecule has 2 heterocycles. The third-order valence-electron chi connectivity index (χ3n) is 9.04. The lowest BCUT2D eigenvalue weighted by Crippen LogP contribution is -2.46. The molecule has 0 aliphatic carbocycles. The molecule has 3 heteroatoms. The lowest BCUT2D eigenvalue weighted by atomic mass is 9.89. The van der Waals surface area contributed by atoms with Crippen molar-refractivity contribution in [3.05, 3.63) is 139 Å². The Morgan fingerprint density at radius 3 is 2.08 bits per heavy atom. The Labute approximate surface area is 233 Å². The summed E-state index contributed by atoms with van der Waals surface area (Å²) in [5.74, 6) is 0. The van der Waals surface area contributed by atoms with E-state index in [0.29, 0.717) is 0 Å². The summed E-state index contributed by atoms with van der Waals surface area (Å²) in [4.78, 5) is 4.95. The predicted molar refractivity (Wildman–Crippen MR) is 168 cm³/mol. The first-order chi connectivity index (χ1) is 19.8. The van der Waals surface area contributed by atoms with Gasteiger partial charge in [-0.15, -0.1) is 0 Å². The van der Waals surface area contributed by atoms with Gasteiger partial charge in [0.2, 0.25) is 0 Å². The number of anilines is 3. The third-order valence-corrected chi connectivity index (χ3v) is 9.04. The first kappa shape index (κ1) is 21.9. The summed E-state index contributed by atoms with van der Waals surface area (Å²) >= 11 is 0. The third kappa shape index (κ3) is 2.89. The Kier molecular flexibility index (Phi) is 4.37. The van der Waals surface area contributed by atoms with Crippen molar-refractivity contribution in [2.75, 3.05) is 22.2 Å². The van der Waals surface area contributed by atoms with Crippen LogP contribution in [-0.4, -0.2) is 7.05 Å². The van der Waals surface area contributed by atoms with Gasteiger partial charge in [0, 0.05) is 18.3 Å². The van der Waals surface area contributed by atoms with Crippen LogP contribution in [0.5, 0.6) is 0 Å². The van der Waals surface area contributed by atoms with E-state index in [4.69, 9.17) is 0 Å². The molecule has 0 bridgehead atoms. The molecule has 0 aromatic heterocycles. The molecule has 0 saturated carbocycles. The molecular weight excluding hydrogens is 486 g/mol. The lowest BCUT2D eigenvalue weighted by Gasteiger charge is -2.47. The minimum absolute atomic E-state index is 0.0754. The summed E-state index contributed by atoms with van der Waals surface area (Å²) in [6.45, 7) is 0. The fraction of sp³-hybridized carbons (Fsp3) is 0.0811. The second-order valence-electron chi connectivity index (χ2n) is 11.1. The maximum absolute atomic E-state index is 3.79. The van der Waals surface area contributed by atoms with Crippen LogP contribution in [0.2, 0.25) is 0 Å². The number of hydrogen-bond acceptors (Lipinski definition) is 3. The highest BCUT2D eigenvalue weighted by molar-refractivity contribution is 6.25. The summed E-state index contributed by atoms with van der Waals surface area (Å²) in [6.07, 6.45) is 0.179. The summed E-state index contributed by atoms with van der Waals surface area (Å²) in [5, 5.41) is 11.7. The van der Waals surface area contributed by atoms with Crippen molar-refractivity contribution in [1.82, 2.24) is 0 Å². The highest BCUT2D eigenvalue weighted by Gasteiger charge is 2.42. The number of nitrogens with zero attached hydrogens (tertiary/aromatic N) is 2. The van der Waals surface area contributed by atoms with E-state index in [2.05, 4.69) is 150 Å². The van der Waals surface area contributed by atoms with Gasteiger partial charge in [-0.3, -0.25) is 0 Å². The number of hydrogen-bond donors (Lipinski definition) is 1. The van der Waals surface area contributed by atoms with Gasteiger partial charge in [-0.1, -0.05) is 109 Å². The fourth-order valence-electron chi connectivity index (χ4n) is 7.24. The molecule has 1 N–H and O–H groups in total. The zero-order chi connectivity index (χ0) is 26.4. The molecule has 2 atom stereocenters. The van der Waals surface area contributed by atoms with Gasteiger partial charge >= 0.3 is 0 Å². The zero-order valence-electron chi connectivity index (χ0n) is 22.2. The second-order valence-corrected chi connectivity index (χ2v) is 11.1. The van der Waals surface area contributed by atoms with Crippen molar-refractivity contribution >= 4 is 49.4 Å². The van der Waals surface area contributed by atoms with E-state index < -0.39 is 0 Å². The van der Waals surface area contributed by atoms with Crippen LogP contribution in [0.25, 0.3) is 43.4 Å². The monoisotopic (exact) mass is 513 g/mol. The molecule has 2 unspecified atom stereocenters. The molecule has 2 aliphatic rings. The van der Waals surface area contributed by atoms with Crippen LogP contribution in [0.1, 0.15) is 23.5 Å². The summed E-state index contributed by atoms with van der Waals surface area (Å²) in [5.41, 5.74) is 8.82. The number of rotatable bonds is 2. The molecule has 0 spiro atoms. The van der Waals surface area contributed by atoms with E-state index in [1.807, 2.05) is 0 Å². The van der Waals surface area contributed by atoms with Gasteiger partial charge in [0.1, 0.15) is 12.3 Å².